The van der Waals surface area contributed by atoms with Crippen LogP contribution in [0.4, 0.5) is 0 Å². The third kappa shape index (κ3) is 3.80. The molecule has 0 radical (unpaired) electrons. The first-order chi connectivity index (χ1) is 13.5. The molecule has 0 aromatic heterocycles. The lowest BCUT2D eigenvalue weighted by atomic mass is 9.98. The van der Waals surface area contributed by atoms with Crippen LogP contribution in [0.15, 0.2) is 48.5 Å². The van der Waals surface area contributed by atoms with Crippen LogP contribution in [0.5, 0.6) is 0 Å². The van der Waals surface area contributed by atoms with Gasteiger partial charge in [0, 0.05) is 32.6 Å². The van der Waals surface area contributed by atoms with E-state index in [0.29, 0.717) is 19.5 Å². The summed E-state index contributed by atoms with van der Waals surface area (Å²) in [4.78, 5) is 29.7. The second-order valence-corrected chi connectivity index (χ2v) is 7.95. The molecule has 28 heavy (non-hydrogen) atoms. The Morgan fingerprint density at radius 2 is 1.75 bits per heavy atom. The molecule has 5 nitrogen and oxygen atoms in total. The number of carbonyl (C=O) groups excluding carboxylic acids is 2. The predicted octanol–water partition coefficient (Wildman–Crippen LogP) is 2.06. The van der Waals surface area contributed by atoms with Gasteiger partial charge in [-0.2, -0.15) is 0 Å². The van der Waals surface area contributed by atoms with Gasteiger partial charge in [0.2, 0.25) is 11.8 Å². The zero-order chi connectivity index (χ0) is 19.7. The highest BCUT2D eigenvalue weighted by Crippen LogP contribution is 2.20. The van der Waals surface area contributed by atoms with Gasteiger partial charge < -0.3 is 10.2 Å². The summed E-state index contributed by atoms with van der Waals surface area (Å²) in [6.07, 6.45) is 0.543. The highest BCUT2D eigenvalue weighted by Gasteiger charge is 2.43. The Kier molecular flexibility index (Phi) is 5.18. The normalized spacial score (nSPS) is 22.7. The molecule has 2 fully saturated rings. The van der Waals surface area contributed by atoms with Gasteiger partial charge >= 0.3 is 0 Å². The number of rotatable bonds is 4. The molecule has 0 spiro atoms. The molecule has 2 atom stereocenters. The highest BCUT2D eigenvalue weighted by molar-refractivity contribution is 5.97. The van der Waals surface area contributed by atoms with Crippen LogP contribution in [-0.2, 0) is 22.6 Å². The number of fused-ring (bicyclic) bond motifs is 1. The fourth-order valence-electron chi connectivity index (χ4n) is 4.15. The SMILES string of the molecule is Cc1ccc(CN2CCN3C(=O)[C@H](Cc4ccccc4)NC(=O)[C@H]3C2)cc1C. The summed E-state index contributed by atoms with van der Waals surface area (Å²) in [7, 11) is 0. The fraction of sp³-hybridized carbons (Fsp3) is 0.391. The van der Waals surface area contributed by atoms with Crippen LogP contribution >= 0.6 is 0 Å². The Labute approximate surface area is 166 Å². The summed E-state index contributed by atoms with van der Waals surface area (Å²) in [5, 5.41) is 2.96. The van der Waals surface area contributed by atoms with Crippen molar-refractivity contribution in [1.29, 1.82) is 0 Å². The first kappa shape index (κ1) is 18.7. The van der Waals surface area contributed by atoms with E-state index < -0.39 is 6.04 Å². The van der Waals surface area contributed by atoms with Crippen LogP contribution in [0.3, 0.4) is 0 Å². The van der Waals surface area contributed by atoms with Gasteiger partial charge in [0.05, 0.1) is 0 Å². The zero-order valence-electron chi connectivity index (χ0n) is 16.5. The molecule has 2 aromatic carbocycles. The van der Waals surface area contributed by atoms with Gasteiger partial charge in [0.25, 0.3) is 0 Å². The van der Waals surface area contributed by atoms with Crippen molar-refractivity contribution >= 4 is 11.8 Å². The Hall–Kier alpha value is -2.66. The number of amides is 2. The van der Waals surface area contributed by atoms with E-state index in [1.807, 2.05) is 30.3 Å². The largest absolute Gasteiger partial charge is 0.342 e. The van der Waals surface area contributed by atoms with Crippen LogP contribution in [-0.4, -0.2) is 53.3 Å². The van der Waals surface area contributed by atoms with E-state index in [1.165, 1.54) is 16.7 Å². The summed E-state index contributed by atoms with van der Waals surface area (Å²) in [5.41, 5.74) is 4.88. The van der Waals surface area contributed by atoms with Crippen LogP contribution in [0, 0.1) is 13.8 Å². The first-order valence-corrected chi connectivity index (χ1v) is 9.94. The van der Waals surface area contributed by atoms with Gasteiger partial charge in [-0.3, -0.25) is 14.5 Å². The van der Waals surface area contributed by atoms with Crippen molar-refractivity contribution in [3.05, 3.63) is 70.8 Å². The molecular formula is C23H27N3O2. The molecule has 2 aliphatic rings. The standard InChI is InChI=1S/C23H27N3O2/c1-16-8-9-19(12-17(16)2)14-25-10-11-26-21(15-25)22(27)24-20(23(26)28)13-18-6-4-3-5-7-18/h3-9,12,20-21H,10-11,13-15H2,1-2H3,(H,24,27)/t20-,21+/m0/s1. The molecule has 2 aromatic rings. The molecule has 2 saturated heterocycles. The van der Waals surface area contributed by atoms with E-state index in [1.54, 1.807) is 4.90 Å². The van der Waals surface area contributed by atoms with Gasteiger partial charge in [0.15, 0.2) is 0 Å². The zero-order valence-corrected chi connectivity index (χ0v) is 16.5. The third-order valence-electron chi connectivity index (χ3n) is 5.92. The van der Waals surface area contributed by atoms with Crippen LogP contribution < -0.4 is 5.32 Å². The molecule has 0 bridgehead atoms. The van der Waals surface area contributed by atoms with Gasteiger partial charge in [-0.05, 0) is 36.1 Å². The summed E-state index contributed by atoms with van der Waals surface area (Å²) in [6.45, 7) is 7.02. The maximum Gasteiger partial charge on any atom is 0.246 e. The molecule has 1 N–H and O–H groups in total. The van der Waals surface area contributed by atoms with Crippen molar-refractivity contribution in [3.8, 4) is 0 Å². The third-order valence-corrected chi connectivity index (χ3v) is 5.92. The molecule has 0 saturated carbocycles. The van der Waals surface area contributed by atoms with Crippen molar-refractivity contribution in [3.63, 3.8) is 0 Å². The average Bonchev–Trinajstić information content (AvgIpc) is 2.69. The maximum atomic E-state index is 12.9. The molecule has 4 rings (SSSR count). The van der Waals surface area contributed by atoms with Gasteiger partial charge in [-0.25, -0.2) is 0 Å². The summed E-state index contributed by atoms with van der Waals surface area (Å²) in [5.74, 6) is 0.00426. The molecule has 146 valence electrons. The Morgan fingerprint density at radius 3 is 2.50 bits per heavy atom. The quantitative estimate of drug-likeness (QED) is 0.887. The Bertz CT molecular complexity index is 881. The van der Waals surface area contributed by atoms with Crippen molar-refractivity contribution in [2.45, 2.75) is 38.9 Å². The molecule has 0 unspecified atom stereocenters. The number of nitrogens with zero attached hydrogens (tertiary/aromatic N) is 2. The lowest BCUT2D eigenvalue weighted by Gasteiger charge is -2.45. The summed E-state index contributed by atoms with van der Waals surface area (Å²) >= 11 is 0. The highest BCUT2D eigenvalue weighted by atomic mass is 16.2. The smallest absolute Gasteiger partial charge is 0.246 e. The van der Waals surface area contributed by atoms with E-state index in [2.05, 4.69) is 42.3 Å². The molecule has 5 heteroatoms. The van der Waals surface area contributed by atoms with E-state index in [9.17, 15) is 9.59 Å². The number of hydrogen-bond donors (Lipinski definition) is 1. The van der Waals surface area contributed by atoms with E-state index >= 15 is 0 Å². The number of carbonyl (C=O) groups is 2. The molecule has 2 aliphatic heterocycles. The van der Waals surface area contributed by atoms with Gasteiger partial charge in [0.1, 0.15) is 12.1 Å². The molecule has 2 amide bonds. The van der Waals surface area contributed by atoms with Crippen LogP contribution in [0.1, 0.15) is 22.3 Å². The summed E-state index contributed by atoms with van der Waals surface area (Å²) in [6, 6.07) is 15.5. The van der Waals surface area contributed by atoms with E-state index in [4.69, 9.17) is 0 Å². The summed E-state index contributed by atoms with van der Waals surface area (Å²) < 4.78 is 0. The topological polar surface area (TPSA) is 52.6 Å². The van der Waals surface area contributed by atoms with Crippen LogP contribution in [0.25, 0.3) is 0 Å². The minimum absolute atomic E-state index is 0.0367. The second-order valence-electron chi connectivity index (χ2n) is 7.95. The van der Waals surface area contributed by atoms with Crippen LogP contribution in [0.2, 0.25) is 0 Å². The molecule has 0 aliphatic carbocycles. The van der Waals surface area contributed by atoms with Gasteiger partial charge in [-0.1, -0.05) is 48.5 Å². The minimum atomic E-state index is -0.461. The number of benzene rings is 2. The molecule has 2 heterocycles. The first-order valence-electron chi connectivity index (χ1n) is 9.94. The van der Waals surface area contributed by atoms with Crippen molar-refractivity contribution < 1.29 is 9.59 Å². The number of piperazine rings is 2. The van der Waals surface area contributed by atoms with Crippen molar-refractivity contribution in [1.82, 2.24) is 15.1 Å². The maximum absolute atomic E-state index is 12.9. The molecular weight excluding hydrogens is 350 g/mol. The van der Waals surface area contributed by atoms with E-state index in [-0.39, 0.29) is 17.9 Å². The van der Waals surface area contributed by atoms with Gasteiger partial charge in [-0.15, -0.1) is 0 Å². The van der Waals surface area contributed by atoms with Crippen molar-refractivity contribution in [2.24, 2.45) is 0 Å². The number of aryl methyl sites for hydroxylation is 2. The number of nitrogens with one attached hydrogen (secondary N) is 1. The van der Waals surface area contributed by atoms with Crippen molar-refractivity contribution in [2.75, 3.05) is 19.6 Å². The van der Waals surface area contributed by atoms with E-state index in [0.717, 1.165) is 18.7 Å². The number of hydrogen-bond acceptors (Lipinski definition) is 3. The Balaban J connectivity index is 1.42. The lowest BCUT2D eigenvalue weighted by Crippen LogP contribution is -2.69. The minimum Gasteiger partial charge on any atom is -0.342 e. The fourth-order valence-corrected chi connectivity index (χ4v) is 4.15. The average molecular weight is 377 g/mol. The predicted molar refractivity (Wildman–Crippen MR) is 109 cm³/mol. The second kappa shape index (κ2) is 7.76. The lowest BCUT2D eigenvalue weighted by molar-refractivity contribution is -0.153. The Morgan fingerprint density at radius 1 is 0.964 bits per heavy atom. The monoisotopic (exact) mass is 377 g/mol.